The molecular formula is C45H32O. The lowest BCUT2D eigenvalue weighted by Gasteiger charge is -2.35. The molecule has 0 aromatic heterocycles. The summed E-state index contributed by atoms with van der Waals surface area (Å²) >= 11 is 0. The zero-order valence-corrected chi connectivity index (χ0v) is 25.7. The highest BCUT2D eigenvalue weighted by atomic mass is 16.5. The van der Waals surface area contributed by atoms with Crippen molar-refractivity contribution in [3.8, 4) is 35.5 Å². The van der Waals surface area contributed by atoms with E-state index in [9.17, 15) is 0 Å². The first-order valence-corrected chi connectivity index (χ1v) is 15.4. The zero-order valence-electron chi connectivity index (χ0n) is 25.7. The van der Waals surface area contributed by atoms with Crippen LogP contribution in [0.1, 0.15) is 57.0 Å². The predicted molar refractivity (Wildman–Crippen MR) is 188 cm³/mol. The van der Waals surface area contributed by atoms with Crippen molar-refractivity contribution in [3.05, 3.63) is 214 Å². The topological polar surface area (TPSA) is 9.23 Å². The fourth-order valence-corrected chi connectivity index (χ4v) is 5.33. The third kappa shape index (κ3) is 7.18. The lowest BCUT2D eigenvalue weighted by molar-refractivity contribution is 0.0216. The van der Waals surface area contributed by atoms with Gasteiger partial charge in [0.15, 0.2) is 0 Å². The highest BCUT2D eigenvalue weighted by Gasteiger charge is 2.37. The molecule has 0 saturated heterocycles. The number of benzene rings is 6. The molecule has 0 aliphatic rings. The van der Waals surface area contributed by atoms with Crippen LogP contribution in [-0.2, 0) is 10.3 Å². The lowest BCUT2D eigenvalue weighted by Crippen LogP contribution is -2.33. The molecule has 0 bridgehead atoms. The van der Waals surface area contributed by atoms with Gasteiger partial charge in [0.2, 0.25) is 0 Å². The predicted octanol–water partition coefficient (Wildman–Crippen LogP) is 9.21. The summed E-state index contributed by atoms with van der Waals surface area (Å²) in [7, 11) is 0. The van der Waals surface area contributed by atoms with Gasteiger partial charge >= 0.3 is 0 Å². The Morgan fingerprint density at radius 2 is 0.587 bits per heavy atom. The summed E-state index contributed by atoms with van der Waals surface area (Å²) in [6, 6.07) is 55.2. The maximum Gasteiger partial charge on any atom is 0.143 e. The average Bonchev–Trinajstić information content (AvgIpc) is 3.13. The fraction of sp³-hybridized carbons (Fsp3) is 0.0667. The summed E-state index contributed by atoms with van der Waals surface area (Å²) in [6.45, 7) is 2.55. The highest BCUT2D eigenvalue weighted by molar-refractivity contribution is 5.54. The molecule has 0 unspecified atom stereocenters. The molecule has 46 heavy (non-hydrogen) atoms. The van der Waals surface area contributed by atoms with E-state index in [2.05, 4.69) is 108 Å². The van der Waals surface area contributed by atoms with E-state index in [0.717, 1.165) is 50.1 Å². The maximum atomic E-state index is 6.79. The molecule has 0 amide bonds. The van der Waals surface area contributed by atoms with Gasteiger partial charge in [-0.05, 0) is 96.4 Å². The van der Waals surface area contributed by atoms with E-state index in [0.29, 0.717) is 6.61 Å². The summed E-state index contributed by atoms with van der Waals surface area (Å²) in [5.41, 5.74) is 7.99. The second kappa shape index (κ2) is 14.6. The van der Waals surface area contributed by atoms with Crippen molar-refractivity contribution < 1.29 is 4.74 Å². The van der Waals surface area contributed by atoms with Gasteiger partial charge in [0.1, 0.15) is 5.60 Å². The van der Waals surface area contributed by atoms with Crippen LogP contribution in [0.2, 0.25) is 0 Å². The second-order valence-corrected chi connectivity index (χ2v) is 10.7. The first-order chi connectivity index (χ1) is 22.7. The summed E-state index contributed by atoms with van der Waals surface area (Å²) in [4.78, 5) is 0. The zero-order chi connectivity index (χ0) is 31.4. The van der Waals surface area contributed by atoms with E-state index < -0.39 is 5.60 Å². The molecule has 0 radical (unpaired) electrons. The van der Waals surface area contributed by atoms with E-state index in [1.165, 1.54) is 0 Å². The minimum absolute atomic E-state index is 0.515. The molecule has 0 aliphatic heterocycles. The van der Waals surface area contributed by atoms with E-state index in [1.54, 1.807) is 0 Å². The summed E-state index contributed by atoms with van der Waals surface area (Å²) in [5.74, 6) is 19.7. The molecule has 6 aromatic rings. The highest BCUT2D eigenvalue weighted by Crippen LogP contribution is 2.41. The molecule has 0 atom stereocenters. The van der Waals surface area contributed by atoms with Gasteiger partial charge in [-0.2, -0.15) is 0 Å². The first-order valence-electron chi connectivity index (χ1n) is 15.4. The third-order valence-electron chi connectivity index (χ3n) is 7.61. The standard InChI is InChI=1S/C45H32O/c1-2-46-45(42-30-24-39(25-31-42)21-18-36-12-6-3-7-13-36,43-32-26-40(27-33-43)22-19-37-14-8-4-9-15-37)44-34-28-41(29-35-44)23-20-38-16-10-5-11-17-38/h3-17,24-35H,2H2,1H3. The Hall–Kier alpha value is -6.04. The van der Waals surface area contributed by atoms with Crippen LogP contribution in [0.3, 0.4) is 0 Å². The molecule has 0 N–H and O–H groups in total. The molecule has 0 heterocycles. The van der Waals surface area contributed by atoms with Crippen molar-refractivity contribution >= 4 is 0 Å². The van der Waals surface area contributed by atoms with Crippen molar-refractivity contribution in [2.45, 2.75) is 12.5 Å². The molecule has 0 fully saturated rings. The van der Waals surface area contributed by atoms with Crippen molar-refractivity contribution in [1.29, 1.82) is 0 Å². The Labute approximate surface area is 272 Å². The molecule has 6 aromatic carbocycles. The van der Waals surface area contributed by atoms with Crippen LogP contribution in [0, 0.1) is 35.5 Å². The average molecular weight is 589 g/mol. The van der Waals surface area contributed by atoms with Crippen molar-refractivity contribution in [3.63, 3.8) is 0 Å². The van der Waals surface area contributed by atoms with Gasteiger partial charge < -0.3 is 4.74 Å². The second-order valence-electron chi connectivity index (χ2n) is 10.7. The number of rotatable bonds is 5. The first kappa shape index (κ1) is 30.0. The lowest BCUT2D eigenvalue weighted by atomic mass is 9.79. The Kier molecular flexibility index (Phi) is 9.54. The van der Waals surface area contributed by atoms with Crippen molar-refractivity contribution in [1.82, 2.24) is 0 Å². The molecule has 1 nitrogen and oxygen atoms in total. The van der Waals surface area contributed by atoms with Crippen LogP contribution in [0.5, 0.6) is 0 Å². The van der Waals surface area contributed by atoms with Gasteiger partial charge in [0.05, 0.1) is 0 Å². The molecule has 0 spiro atoms. The Morgan fingerprint density at radius 1 is 0.348 bits per heavy atom. The van der Waals surface area contributed by atoms with Crippen LogP contribution >= 0.6 is 0 Å². The van der Waals surface area contributed by atoms with E-state index in [4.69, 9.17) is 4.74 Å². The Bertz CT molecular complexity index is 1820. The minimum Gasteiger partial charge on any atom is -0.361 e. The number of hydrogen-bond donors (Lipinski definition) is 0. The van der Waals surface area contributed by atoms with Crippen LogP contribution in [-0.4, -0.2) is 6.61 Å². The van der Waals surface area contributed by atoms with Gasteiger partial charge in [-0.3, -0.25) is 0 Å². The molecule has 218 valence electrons. The van der Waals surface area contributed by atoms with Crippen molar-refractivity contribution in [2.75, 3.05) is 6.61 Å². The molecule has 0 saturated carbocycles. The van der Waals surface area contributed by atoms with Crippen LogP contribution < -0.4 is 0 Å². The quantitative estimate of drug-likeness (QED) is 0.144. The number of ether oxygens (including phenoxy) is 1. The Morgan fingerprint density at radius 3 is 0.826 bits per heavy atom. The maximum absolute atomic E-state index is 6.79. The smallest absolute Gasteiger partial charge is 0.143 e. The van der Waals surface area contributed by atoms with Crippen LogP contribution in [0.15, 0.2) is 164 Å². The SMILES string of the molecule is CCOC(c1ccc(C#Cc2ccccc2)cc1)(c1ccc(C#Cc2ccccc2)cc1)c1ccc(C#Cc2ccccc2)cc1. The molecule has 6 rings (SSSR count). The van der Waals surface area contributed by atoms with Gasteiger partial charge in [0.25, 0.3) is 0 Å². The van der Waals surface area contributed by atoms with Gasteiger partial charge in [-0.25, -0.2) is 0 Å². The third-order valence-corrected chi connectivity index (χ3v) is 7.61. The van der Waals surface area contributed by atoms with Crippen molar-refractivity contribution in [2.24, 2.45) is 0 Å². The largest absolute Gasteiger partial charge is 0.361 e. The summed E-state index contributed by atoms with van der Waals surface area (Å²) < 4.78 is 6.79. The summed E-state index contributed by atoms with van der Waals surface area (Å²) in [6.07, 6.45) is 0. The van der Waals surface area contributed by atoms with E-state index in [1.807, 2.05) is 97.9 Å². The molecule has 1 heteroatoms. The normalized spacial score (nSPS) is 10.4. The van der Waals surface area contributed by atoms with Gasteiger partial charge in [0, 0.05) is 40.0 Å². The van der Waals surface area contributed by atoms with Crippen LogP contribution in [0.25, 0.3) is 0 Å². The summed E-state index contributed by atoms with van der Waals surface area (Å²) in [5, 5.41) is 0. The minimum atomic E-state index is -0.850. The monoisotopic (exact) mass is 588 g/mol. The number of hydrogen-bond acceptors (Lipinski definition) is 1. The van der Waals surface area contributed by atoms with E-state index in [-0.39, 0.29) is 0 Å². The van der Waals surface area contributed by atoms with Gasteiger partial charge in [-0.1, -0.05) is 127 Å². The van der Waals surface area contributed by atoms with E-state index >= 15 is 0 Å². The van der Waals surface area contributed by atoms with Crippen LogP contribution in [0.4, 0.5) is 0 Å². The Balaban J connectivity index is 1.39. The molecule has 0 aliphatic carbocycles. The molecular weight excluding hydrogens is 556 g/mol. The van der Waals surface area contributed by atoms with Gasteiger partial charge in [-0.15, -0.1) is 0 Å². The fourth-order valence-electron chi connectivity index (χ4n) is 5.33.